The molecule has 0 radical (unpaired) electrons. The molecule has 0 fully saturated rings. The van der Waals surface area contributed by atoms with Crippen molar-refractivity contribution < 1.29 is 18.7 Å². The summed E-state index contributed by atoms with van der Waals surface area (Å²) in [5.41, 5.74) is 1.12. The summed E-state index contributed by atoms with van der Waals surface area (Å²) in [5.74, 6) is 0.0559. The molecule has 0 spiro atoms. The van der Waals surface area contributed by atoms with Crippen LogP contribution < -0.4 is 15.1 Å². The van der Waals surface area contributed by atoms with E-state index in [4.69, 9.17) is 4.74 Å². The number of aromatic nitrogens is 4. The van der Waals surface area contributed by atoms with E-state index in [1.807, 2.05) is 18.0 Å². The van der Waals surface area contributed by atoms with E-state index in [9.17, 15) is 14.0 Å². The largest absolute Gasteiger partial charge is 0.461 e. The van der Waals surface area contributed by atoms with E-state index in [1.165, 1.54) is 13.0 Å². The Morgan fingerprint density at radius 1 is 1.34 bits per heavy atom. The fraction of sp³-hybridized carbons (Fsp3) is 0.571. The molecule has 11 heteroatoms. The van der Waals surface area contributed by atoms with Gasteiger partial charge in [-0.3, -0.25) is 9.59 Å². The molecule has 0 aliphatic heterocycles. The zero-order chi connectivity index (χ0) is 23.7. The topological polar surface area (TPSA) is 105 Å². The van der Waals surface area contributed by atoms with Crippen LogP contribution in [0.25, 0.3) is 0 Å². The van der Waals surface area contributed by atoms with Crippen LogP contribution in [0.15, 0.2) is 18.2 Å². The quantitative estimate of drug-likeness (QED) is 0.461. The predicted octanol–water partition coefficient (Wildman–Crippen LogP) is 1.71. The highest BCUT2D eigenvalue weighted by atomic mass is 19.1. The van der Waals surface area contributed by atoms with Gasteiger partial charge < -0.3 is 19.9 Å². The summed E-state index contributed by atoms with van der Waals surface area (Å²) in [7, 11) is 3.61. The molecule has 1 heterocycles. The lowest BCUT2D eigenvalue weighted by Crippen LogP contribution is -2.39. The summed E-state index contributed by atoms with van der Waals surface area (Å²) in [6.07, 6.45) is 1.04. The van der Waals surface area contributed by atoms with Crippen molar-refractivity contribution in [2.24, 2.45) is 0 Å². The van der Waals surface area contributed by atoms with Crippen LogP contribution >= 0.6 is 0 Å². The van der Waals surface area contributed by atoms with Crippen LogP contribution in [0.4, 0.5) is 15.8 Å². The van der Waals surface area contributed by atoms with Crippen molar-refractivity contribution in [2.75, 3.05) is 43.5 Å². The molecule has 32 heavy (non-hydrogen) atoms. The number of ether oxygens (including phenoxy) is 1. The van der Waals surface area contributed by atoms with E-state index in [1.54, 1.807) is 29.7 Å². The van der Waals surface area contributed by atoms with Crippen LogP contribution in [-0.2, 0) is 14.3 Å². The summed E-state index contributed by atoms with van der Waals surface area (Å²) in [6, 6.07) is 5.07. The van der Waals surface area contributed by atoms with Crippen LogP contribution in [-0.4, -0.2) is 72.4 Å². The van der Waals surface area contributed by atoms with Crippen molar-refractivity contribution in [2.45, 2.75) is 45.8 Å². The minimum absolute atomic E-state index is 0.0884. The first-order valence-electron chi connectivity index (χ1n) is 10.6. The summed E-state index contributed by atoms with van der Waals surface area (Å²) in [4.78, 5) is 27.1. The Hall–Kier alpha value is -3.24. The van der Waals surface area contributed by atoms with E-state index in [0.29, 0.717) is 36.8 Å². The van der Waals surface area contributed by atoms with Crippen molar-refractivity contribution >= 4 is 23.8 Å². The highest BCUT2D eigenvalue weighted by Crippen LogP contribution is 2.25. The monoisotopic (exact) mass is 449 g/mol. The number of rotatable bonds is 13. The van der Waals surface area contributed by atoms with Gasteiger partial charge >= 0.3 is 0 Å². The molecular formula is C21H32FN7O3. The third-order valence-electron chi connectivity index (χ3n) is 5.21. The first-order chi connectivity index (χ1) is 15.2. The molecule has 2 rings (SSSR count). The van der Waals surface area contributed by atoms with Gasteiger partial charge in [-0.2, -0.15) is 4.80 Å². The average molecular weight is 450 g/mol. The third-order valence-corrected chi connectivity index (χ3v) is 5.21. The number of anilines is 2. The van der Waals surface area contributed by atoms with Gasteiger partial charge in [-0.25, -0.2) is 4.39 Å². The standard InChI is InChI=1S/C21H32FN7O3/c1-6-17(29-25-15(2)24-26-29)9-10-27(4)21-8-7-18(11-20(21)22)28(5)13-19(32-14-30)12-23-16(3)31/h7-8,11,14,17,19H,6,9-10,12-13H2,1-5H3,(H,23,31). The highest BCUT2D eigenvalue weighted by Gasteiger charge is 2.17. The first-order valence-corrected chi connectivity index (χ1v) is 10.6. The van der Waals surface area contributed by atoms with Crippen LogP contribution in [0.3, 0.4) is 0 Å². The molecule has 2 atom stereocenters. The van der Waals surface area contributed by atoms with Crippen LogP contribution in [0.2, 0.25) is 0 Å². The van der Waals surface area contributed by atoms with Gasteiger partial charge in [0.05, 0.1) is 24.8 Å². The summed E-state index contributed by atoms with van der Waals surface area (Å²) in [5, 5.41) is 14.9. The molecule has 10 nitrogen and oxygen atoms in total. The number of carbonyl (C=O) groups is 2. The molecule has 0 aliphatic carbocycles. The van der Waals surface area contributed by atoms with Crippen molar-refractivity contribution in [3.05, 3.63) is 29.8 Å². The first kappa shape index (κ1) is 25.0. The maximum Gasteiger partial charge on any atom is 0.293 e. The SMILES string of the molecule is CCC(CCN(C)c1ccc(N(C)CC(CNC(C)=O)OC=O)cc1F)n1nnc(C)n1. The number of nitrogens with zero attached hydrogens (tertiary/aromatic N) is 6. The normalized spacial score (nSPS) is 12.7. The van der Waals surface area contributed by atoms with E-state index in [2.05, 4.69) is 27.7 Å². The molecule has 176 valence electrons. The lowest BCUT2D eigenvalue weighted by Gasteiger charge is -2.26. The van der Waals surface area contributed by atoms with Crippen molar-refractivity contribution in [3.63, 3.8) is 0 Å². The minimum Gasteiger partial charge on any atom is -0.461 e. The number of halogens is 1. The Morgan fingerprint density at radius 2 is 2.09 bits per heavy atom. The molecule has 1 N–H and O–H groups in total. The Balaban J connectivity index is 1.99. The van der Waals surface area contributed by atoms with Gasteiger partial charge in [0.2, 0.25) is 5.91 Å². The van der Waals surface area contributed by atoms with E-state index in [-0.39, 0.29) is 24.3 Å². The molecule has 1 aromatic carbocycles. The fourth-order valence-electron chi connectivity index (χ4n) is 3.35. The van der Waals surface area contributed by atoms with Gasteiger partial charge in [-0.05, 0) is 43.2 Å². The van der Waals surface area contributed by atoms with E-state index < -0.39 is 6.10 Å². The summed E-state index contributed by atoms with van der Waals surface area (Å²) >= 11 is 0. The Kier molecular flexibility index (Phi) is 9.36. The minimum atomic E-state index is -0.549. The lowest BCUT2D eigenvalue weighted by atomic mass is 10.1. The Bertz CT molecular complexity index is 892. The predicted molar refractivity (Wildman–Crippen MR) is 119 cm³/mol. The maximum atomic E-state index is 14.9. The number of carbonyl (C=O) groups excluding carboxylic acids is 2. The number of aryl methyl sites for hydroxylation is 1. The zero-order valence-electron chi connectivity index (χ0n) is 19.3. The molecule has 1 aromatic heterocycles. The van der Waals surface area contributed by atoms with Crippen LogP contribution in [0, 0.1) is 12.7 Å². The summed E-state index contributed by atoms with van der Waals surface area (Å²) in [6.45, 7) is 6.69. The van der Waals surface area contributed by atoms with Crippen molar-refractivity contribution in [3.8, 4) is 0 Å². The number of hydrogen-bond acceptors (Lipinski definition) is 8. The molecule has 2 unspecified atom stereocenters. The van der Waals surface area contributed by atoms with E-state index in [0.717, 1.165) is 12.8 Å². The van der Waals surface area contributed by atoms with Gasteiger partial charge in [0.15, 0.2) is 5.82 Å². The van der Waals surface area contributed by atoms with Gasteiger partial charge in [-0.1, -0.05) is 6.92 Å². The average Bonchev–Trinajstić information content (AvgIpc) is 3.18. The number of nitrogens with one attached hydrogen (secondary N) is 1. The Morgan fingerprint density at radius 3 is 2.66 bits per heavy atom. The molecule has 0 aliphatic rings. The van der Waals surface area contributed by atoms with Gasteiger partial charge in [0, 0.05) is 33.3 Å². The van der Waals surface area contributed by atoms with Gasteiger partial charge in [-0.15, -0.1) is 10.2 Å². The molecule has 0 saturated heterocycles. The van der Waals surface area contributed by atoms with Gasteiger partial charge in [0.1, 0.15) is 11.9 Å². The molecule has 0 bridgehead atoms. The molecular weight excluding hydrogens is 417 g/mol. The fourth-order valence-corrected chi connectivity index (χ4v) is 3.35. The van der Waals surface area contributed by atoms with Crippen molar-refractivity contribution in [1.82, 2.24) is 25.5 Å². The summed E-state index contributed by atoms with van der Waals surface area (Å²) < 4.78 is 19.9. The maximum absolute atomic E-state index is 14.9. The lowest BCUT2D eigenvalue weighted by molar-refractivity contribution is -0.134. The highest BCUT2D eigenvalue weighted by molar-refractivity contribution is 5.72. The number of likely N-dealkylation sites (N-methyl/N-ethyl adjacent to an activating group) is 1. The number of amides is 1. The second kappa shape index (κ2) is 12.0. The van der Waals surface area contributed by atoms with Crippen LogP contribution in [0.5, 0.6) is 0 Å². The third kappa shape index (κ3) is 7.17. The van der Waals surface area contributed by atoms with Crippen LogP contribution in [0.1, 0.15) is 38.6 Å². The number of hydrogen-bond donors (Lipinski definition) is 1. The number of tetrazole rings is 1. The smallest absolute Gasteiger partial charge is 0.293 e. The molecule has 1 amide bonds. The zero-order valence-corrected chi connectivity index (χ0v) is 19.3. The van der Waals surface area contributed by atoms with Gasteiger partial charge in [0.25, 0.3) is 6.47 Å². The second-order valence-electron chi connectivity index (χ2n) is 7.74. The van der Waals surface area contributed by atoms with Crippen molar-refractivity contribution in [1.29, 1.82) is 0 Å². The molecule has 2 aromatic rings. The Labute approximate surface area is 187 Å². The second-order valence-corrected chi connectivity index (χ2v) is 7.74. The van der Waals surface area contributed by atoms with E-state index >= 15 is 0 Å². The molecule has 0 saturated carbocycles. The number of benzene rings is 1.